The molecule has 0 aliphatic carbocycles. The highest BCUT2D eigenvalue weighted by molar-refractivity contribution is 6.30. The molecule has 3 aromatic rings. The van der Waals surface area contributed by atoms with Crippen molar-refractivity contribution in [1.29, 1.82) is 0 Å². The fourth-order valence-corrected chi connectivity index (χ4v) is 4.38. The third-order valence-electron chi connectivity index (χ3n) is 5.69. The van der Waals surface area contributed by atoms with E-state index in [2.05, 4.69) is 24.6 Å². The van der Waals surface area contributed by atoms with Crippen molar-refractivity contribution < 1.29 is 9.53 Å². The molecule has 1 aromatic carbocycles. The largest absolute Gasteiger partial charge is 0.469 e. The number of nitrogens with zero attached hydrogens (tertiary/aromatic N) is 5. The average molecular weight is 410 g/mol. The molecular weight excluding hydrogens is 390 g/mol. The monoisotopic (exact) mass is 409 g/mol. The molecule has 1 saturated heterocycles. The van der Waals surface area contributed by atoms with Gasteiger partial charge in [0.2, 0.25) is 0 Å². The first-order chi connectivity index (χ1) is 14.1. The summed E-state index contributed by atoms with van der Waals surface area (Å²) in [7, 11) is 1.42. The van der Waals surface area contributed by atoms with Crippen molar-refractivity contribution in [3.8, 4) is 5.69 Å². The summed E-state index contributed by atoms with van der Waals surface area (Å²) in [6.45, 7) is 1.66. The fraction of sp³-hybridized carbons (Fsp3) is 0.333. The van der Waals surface area contributed by atoms with E-state index in [9.17, 15) is 4.79 Å². The van der Waals surface area contributed by atoms with Gasteiger partial charge >= 0.3 is 5.97 Å². The zero-order valence-electron chi connectivity index (χ0n) is 16.0. The van der Waals surface area contributed by atoms with Crippen LogP contribution in [0.15, 0.2) is 42.6 Å². The van der Waals surface area contributed by atoms with Gasteiger partial charge in [0.15, 0.2) is 0 Å². The van der Waals surface area contributed by atoms with Crippen LogP contribution in [0.2, 0.25) is 5.02 Å². The van der Waals surface area contributed by atoms with Crippen LogP contribution in [0.5, 0.6) is 0 Å². The molecule has 7 nitrogen and oxygen atoms in total. The number of fused-ring (bicyclic) bond motifs is 3. The summed E-state index contributed by atoms with van der Waals surface area (Å²) in [5.41, 5.74) is 2.00. The first-order valence-corrected chi connectivity index (χ1v) is 9.98. The van der Waals surface area contributed by atoms with E-state index in [1.54, 1.807) is 6.20 Å². The van der Waals surface area contributed by atoms with Gasteiger partial charge in [-0.15, -0.1) is 10.2 Å². The van der Waals surface area contributed by atoms with Crippen LogP contribution in [0.1, 0.15) is 23.1 Å². The van der Waals surface area contributed by atoms with Gasteiger partial charge in [0.1, 0.15) is 17.5 Å². The van der Waals surface area contributed by atoms with Gasteiger partial charge in [-0.2, -0.15) is 0 Å². The second kappa shape index (κ2) is 7.15. The van der Waals surface area contributed by atoms with Gasteiger partial charge in [0.25, 0.3) is 0 Å². The van der Waals surface area contributed by atoms with Crippen molar-refractivity contribution in [2.75, 3.05) is 25.1 Å². The number of halogens is 1. The molecule has 1 atom stereocenters. The van der Waals surface area contributed by atoms with E-state index in [0.29, 0.717) is 17.9 Å². The van der Waals surface area contributed by atoms with Crippen LogP contribution in [0.4, 0.5) is 5.82 Å². The minimum Gasteiger partial charge on any atom is -0.469 e. The van der Waals surface area contributed by atoms with Gasteiger partial charge in [-0.1, -0.05) is 17.7 Å². The Morgan fingerprint density at radius 3 is 2.79 bits per heavy atom. The number of carbonyl (C=O) groups is 1. The Labute approximate surface area is 173 Å². The summed E-state index contributed by atoms with van der Waals surface area (Å²) < 4.78 is 7.12. The van der Waals surface area contributed by atoms with Gasteiger partial charge < -0.3 is 9.64 Å². The first kappa shape index (κ1) is 18.1. The van der Waals surface area contributed by atoms with Crippen molar-refractivity contribution in [2.24, 2.45) is 5.92 Å². The van der Waals surface area contributed by atoms with Crippen molar-refractivity contribution >= 4 is 23.4 Å². The van der Waals surface area contributed by atoms with E-state index < -0.39 is 0 Å². The van der Waals surface area contributed by atoms with Gasteiger partial charge in [0.05, 0.1) is 24.6 Å². The lowest BCUT2D eigenvalue weighted by Gasteiger charge is -2.39. The number of hydrogen-bond acceptors (Lipinski definition) is 6. The van der Waals surface area contributed by atoms with E-state index in [-0.39, 0.29) is 17.8 Å². The molecule has 5 rings (SSSR count). The van der Waals surface area contributed by atoms with Crippen molar-refractivity contribution in [1.82, 2.24) is 19.7 Å². The highest BCUT2D eigenvalue weighted by Crippen LogP contribution is 2.35. The molecule has 0 amide bonds. The van der Waals surface area contributed by atoms with Crippen molar-refractivity contribution in [2.45, 2.75) is 18.8 Å². The Morgan fingerprint density at radius 1 is 1.17 bits per heavy atom. The fourth-order valence-electron chi connectivity index (χ4n) is 4.19. The number of hydrogen-bond donors (Lipinski definition) is 0. The third-order valence-corrected chi connectivity index (χ3v) is 5.92. The zero-order chi connectivity index (χ0) is 20.0. The highest BCUT2D eigenvalue weighted by atomic mass is 35.5. The molecule has 0 spiro atoms. The molecule has 0 bridgehead atoms. The molecule has 29 heavy (non-hydrogen) atoms. The predicted molar refractivity (Wildman–Crippen MR) is 108 cm³/mol. The molecule has 8 heteroatoms. The number of carbonyl (C=O) groups excluding carboxylic acids is 1. The third kappa shape index (κ3) is 3.15. The number of benzene rings is 1. The van der Waals surface area contributed by atoms with Crippen LogP contribution in [-0.2, 0) is 22.4 Å². The molecule has 2 aromatic heterocycles. The van der Waals surface area contributed by atoms with Crippen molar-refractivity contribution in [3.63, 3.8) is 0 Å². The number of aromatic nitrogens is 4. The summed E-state index contributed by atoms with van der Waals surface area (Å²) in [6, 6.07) is 11.7. The lowest BCUT2D eigenvalue weighted by molar-refractivity contribution is -0.145. The van der Waals surface area contributed by atoms with Gasteiger partial charge in [-0.05, 0) is 42.3 Å². The maximum absolute atomic E-state index is 12.3. The molecule has 1 unspecified atom stereocenters. The lowest BCUT2D eigenvalue weighted by Crippen LogP contribution is -2.46. The van der Waals surface area contributed by atoms with Crippen LogP contribution >= 0.6 is 11.6 Å². The zero-order valence-corrected chi connectivity index (χ0v) is 16.7. The molecule has 2 aliphatic heterocycles. The molecule has 4 heterocycles. The number of esters is 1. The van der Waals surface area contributed by atoms with Gasteiger partial charge in [-0.3, -0.25) is 9.36 Å². The Kier molecular flexibility index (Phi) is 4.47. The van der Waals surface area contributed by atoms with Gasteiger partial charge in [0, 0.05) is 30.7 Å². The maximum Gasteiger partial charge on any atom is 0.309 e. The number of anilines is 1. The molecule has 2 aliphatic rings. The normalized spacial score (nSPS) is 18.4. The van der Waals surface area contributed by atoms with E-state index in [4.69, 9.17) is 16.3 Å². The van der Waals surface area contributed by atoms with E-state index in [1.165, 1.54) is 7.11 Å². The Hall–Kier alpha value is -2.93. The van der Waals surface area contributed by atoms with Crippen LogP contribution in [-0.4, -0.2) is 45.9 Å². The van der Waals surface area contributed by atoms with E-state index in [0.717, 1.165) is 41.8 Å². The molecular formula is C21H20ClN5O2. The topological polar surface area (TPSA) is 73.1 Å². The predicted octanol–water partition coefficient (Wildman–Crippen LogP) is 2.81. The molecule has 0 radical (unpaired) electrons. The molecule has 0 saturated carbocycles. The van der Waals surface area contributed by atoms with Crippen LogP contribution < -0.4 is 4.90 Å². The minimum atomic E-state index is -0.304. The Bertz CT molecular complexity index is 1060. The maximum atomic E-state index is 12.3. The van der Waals surface area contributed by atoms with Crippen LogP contribution in [0.3, 0.4) is 0 Å². The summed E-state index contributed by atoms with van der Waals surface area (Å²) in [4.78, 5) is 19.0. The number of rotatable bonds is 3. The Morgan fingerprint density at radius 2 is 2.03 bits per heavy atom. The smallest absolute Gasteiger partial charge is 0.309 e. The number of pyridine rings is 1. The molecule has 148 valence electrons. The highest BCUT2D eigenvalue weighted by Gasteiger charge is 2.36. The number of methoxy groups -OCH3 is 1. The molecule has 1 fully saturated rings. The molecule has 0 N–H and O–H groups in total. The summed E-state index contributed by atoms with van der Waals surface area (Å²) in [6.07, 6.45) is 2.86. The lowest BCUT2D eigenvalue weighted by atomic mass is 9.96. The van der Waals surface area contributed by atoms with E-state index in [1.807, 2.05) is 36.4 Å². The van der Waals surface area contributed by atoms with E-state index >= 15 is 0 Å². The standard InChI is InChI=1S/C21H20ClN5O2/c1-29-21(28)14-8-13-9-16(22)5-6-17(13)27-19(10-14)24-25-20(27)15-11-26(12-15)18-4-2-3-7-23-18/h2-7,9,14-15H,8,10-12H2,1H3. The van der Waals surface area contributed by atoms with Crippen LogP contribution in [0, 0.1) is 5.92 Å². The SMILES string of the molecule is COC(=O)C1Cc2cc(Cl)ccc2-n2c(nnc2C2CN(c3ccccn3)C2)C1. The summed E-state index contributed by atoms with van der Waals surface area (Å²) in [5.74, 6) is 2.38. The summed E-state index contributed by atoms with van der Waals surface area (Å²) >= 11 is 6.25. The average Bonchev–Trinajstić information content (AvgIpc) is 3.02. The van der Waals surface area contributed by atoms with Gasteiger partial charge in [-0.25, -0.2) is 4.98 Å². The van der Waals surface area contributed by atoms with Crippen molar-refractivity contribution in [3.05, 3.63) is 64.8 Å². The second-order valence-corrected chi connectivity index (χ2v) is 7.94. The van der Waals surface area contributed by atoms with Crippen LogP contribution in [0.25, 0.3) is 5.69 Å². The number of ether oxygens (including phenoxy) is 1. The Balaban J connectivity index is 1.50. The first-order valence-electron chi connectivity index (χ1n) is 9.61. The second-order valence-electron chi connectivity index (χ2n) is 7.50. The summed E-state index contributed by atoms with van der Waals surface area (Å²) in [5, 5.41) is 9.60. The minimum absolute atomic E-state index is 0.237. The quantitative estimate of drug-likeness (QED) is 0.619.